The Bertz CT molecular complexity index is 542. The Hall–Kier alpha value is -0.183. The van der Waals surface area contributed by atoms with Crippen molar-refractivity contribution in [3.8, 4) is 0 Å². The lowest BCUT2D eigenvalue weighted by Crippen LogP contribution is -2.48. The second-order valence-corrected chi connectivity index (χ2v) is 14.7. The fraction of sp³-hybridized carbons (Fsp3) is 0.765. The number of alkyl halides is 2. The van der Waals surface area contributed by atoms with Gasteiger partial charge in [-0.15, -0.1) is 0 Å². The van der Waals surface area contributed by atoms with Crippen molar-refractivity contribution in [1.82, 2.24) is 0 Å². The lowest BCUT2D eigenvalue weighted by atomic mass is 9.94. The molecule has 0 spiro atoms. The highest BCUT2D eigenvalue weighted by Gasteiger charge is 2.43. The van der Waals surface area contributed by atoms with E-state index in [2.05, 4.69) is 65.7 Å². The number of halogens is 2. The van der Waals surface area contributed by atoms with Crippen LogP contribution in [0.5, 0.6) is 0 Å². The smallest absolute Gasteiger partial charge is 0.303 e. The van der Waals surface area contributed by atoms with Crippen LogP contribution >= 0.6 is 31.9 Å². The SMILES string of the molecule is CC(=O)O[C@@H]1C(CO[Si](C)(C)C(C)(C)C)=C[C@@H](OC(C)=O)[C@H](Br)[C@H]1Br. The van der Waals surface area contributed by atoms with E-state index >= 15 is 0 Å². The second kappa shape index (κ2) is 8.67. The van der Waals surface area contributed by atoms with Crippen molar-refractivity contribution in [3.63, 3.8) is 0 Å². The molecule has 5 nitrogen and oxygen atoms in total. The lowest BCUT2D eigenvalue weighted by molar-refractivity contribution is -0.148. The van der Waals surface area contributed by atoms with Crippen molar-refractivity contribution >= 4 is 52.1 Å². The van der Waals surface area contributed by atoms with Gasteiger partial charge in [0.1, 0.15) is 12.2 Å². The van der Waals surface area contributed by atoms with E-state index in [0.29, 0.717) is 6.61 Å². The molecule has 4 atom stereocenters. The van der Waals surface area contributed by atoms with E-state index in [1.165, 1.54) is 13.8 Å². The first-order valence-electron chi connectivity index (χ1n) is 8.23. The van der Waals surface area contributed by atoms with Crippen molar-refractivity contribution in [2.24, 2.45) is 0 Å². The molecular formula is C17H28Br2O5Si. The summed E-state index contributed by atoms with van der Waals surface area (Å²) in [6.45, 7) is 13.9. The summed E-state index contributed by atoms with van der Waals surface area (Å²) in [4.78, 5) is 22.5. The third-order valence-corrected chi connectivity index (χ3v) is 12.0. The summed E-state index contributed by atoms with van der Waals surface area (Å²) in [5, 5.41) is 0.0696. The molecule has 0 unspecified atom stereocenters. The Balaban J connectivity index is 3.08. The molecule has 0 aromatic rings. The van der Waals surface area contributed by atoms with E-state index in [1.54, 1.807) is 0 Å². The van der Waals surface area contributed by atoms with Crippen molar-refractivity contribution in [1.29, 1.82) is 0 Å². The van der Waals surface area contributed by atoms with E-state index < -0.39 is 20.5 Å². The van der Waals surface area contributed by atoms with Gasteiger partial charge in [-0.05, 0) is 29.8 Å². The lowest BCUT2D eigenvalue weighted by Gasteiger charge is -2.39. The number of carbonyl (C=O) groups is 2. The number of hydrogen-bond donors (Lipinski definition) is 0. The van der Waals surface area contributed by atoms with Gasteiger partial charge in [0.15, 0.2) is 8.32 Å². The summed E-state index contributed by atoms with van der Waals surface area (Å²) in [6, 6.07) is 0. The van der Waals surface area contributed by atoms with Crippen LogP contribution in [-0.4, -0.2) is 48.7 Å². The zero-order chi connectivity index (χ0) is 19.6. The van der Waals surface area contributed by atoms with Gasteiger partial charge in [0.25, 0.3) is 0 Å². The third-order valence-electron chi connectivity index (χ3n) is 4.65. The summed E-state index contributed by atoms with van der Waals surface area (Å²) in [6.07, 6.45) is 0.907. The molecule has 0 amide bonds. The molecule has 0 fully saturated rings. The summed E-state index contributed by atoms with van der Waals surface area (Å²) in [5.41, 5.74) is 0.809. The summed E-state index contributed by atoms with van der Waals surface area (Å²) in [7, 11) is -1.97. The van der Waals surface area contributed by atoms with Gasteiger partial charge in [-0.2, -0.15) is 0 Å². The number of carbonyl (C=O) groups excluding carboxylic acids is 2. The molecule has 1 rings (SSSR count). The molecule has 144 valence electrons. The molecule has 0 aromatic heterocycles. The second-order valence-electron chi connectivity index (χ2n) is 7.78. The molecule has 0 radical (unpaired) electrons. The summed E-state index contributed by atoms with van der Waals surface area (Å²) >= 11 is 7.12. The van der Waals surface area contributed by atoms with E-state index in [1.807, 2.05) is 6.08 Å². The van der Waals surface area contributed by atoms with Gasteiger partial charge in [0, 0.05) is 13.8 Å². The van der Waals surface area contributed by atoms with Gasteiger partial charge in [-0.3, -0.25) is 9.59 Å². The Kier molecular flexibility index (Phi) is 7.93. The van der Waals surface area contributed by atoms with Crippen LogP contribution in [0.25, 0.3) is 0 Å². The number of esters is 2. The van der Waals surface area contributed by atoms with Gasteiger partial charge in [-0.1, -0.05) is 52.6 Å². The molecule has 0 saturated carbocycles. The number of rotatable bonds is 5. The molecule has 0 N–H and O–H groups in total. The van der Waals surface area contributed by atoms with Crippen LogP contribution in [-0.2, 0) is 23.5 Å². The number of hydrogen-bond acceptors (Lipinski definition) is 5. The van der Waals surface area contributed by atoms with E-state index in [9.17, 15) is 9.59 Å². The molecule has 0 heterocycles. The maximum absolute atomic E-state index is 11.5. The van der Waals surface area contributed by atoms with Crippen LogP contribution in [0.1, 0.15) is 34.6 Å². The Morgan fingerprint density at radius 3 is 2.04 bits per heavy atom. The third kappa shape index (κ3) is 6.18. The quantitative estimate of drug-likeness (QED) is 0.243. The van der Waals surface area contributed by atoms with E-state index in [4.69, 9.17) is 13.9 Å². The predicted octanol–water partition coefficient (Wildman–Crippen LogP) is 4.34. The Labute approximate surface area is 168 Å². The first-order valence-corrected chi connectivity index (χ1v) is 13.0. The molecule has 0 aliphatic heterocycles. The van der Waals surface area contributed by atoms with E-state index in [0.717, 1.165) is 5.57 Å². The van der Waals surface area contributed by atoms with Crippen LogP contribution in [0.4, 0.5) is 0 Å². The largest absolute Gasteiger partial charge is 0.457 e. The first-order chi connectivity index (χ1) is 11.3. The van der Waals surface area contributed by atoms with Crippen molar-refractivity contribution in [2.75, 3.05) is 6.61 Å². The Morgan fingerprint density at radius 2 is 1.60 bits per heavy atom. The highest BCUT2D eigenvalue weighted by Crippen LogP contribution is 2.39. The monoisotopic (exact) mass is 498 g/mol. The van der Waals surface area contributed by atoms with Crippen LogP contribution in [0.2, 0.25) is 18.1 Å². The highest BCUT2D eigenvalue weighted by molar-refractivity contribution is 9.12. The van der Waals surface area contributed by atoms with Crippen LogP contribution in [0, 0.1) is 0 Å². The van der Waals surface area contributed by atoms with E-state index in [-0.39, 0.29) is 26.6 Å². The maximum atomic E-state index is 11.5. The topological polar surface area (TPSA) is 61.8 Å². The van der Waals surface area contributed by atoms with Crippen LogP contribution in [0.15, 0.2) is 11.6 Å². The number of ether oxygens (including phenoxy) is 2. The average Bonchev–Trinajstić information content (AvgIpc) is 2.43. The molecule has 0 saturated heterocycles. The summed E-state index contributed by atoms with van der Waals surface area (Å²) < 4.78 is 17.2. The van der Waals surface area contributed by atoms with Crippen molar-refractivity contribution in [3.05, 3.63) is 11.6 Å². The molecule has 0 aromatic carbocycles. The molecule has 25 heavy (non-hydrogen) atoms. The minimum atomic E-state index is -1.97. The minimum absolute atomic E-state index is 0.0696. The Morgan fingerprint density at radius 1 is 1.08 bits per heavy atom. The fourth-order valence-electron chi connectivity index (χ4n) is 2.17. The van der Waals surface area contributed by atoms with Gasteiger partial charge in [-0.25, -0.2) is 0 Å². The summed E-state index contributed by atoms with van der Waals surface area (Å²) in [5.74, 6) is -0.723. The first kappa shape index (κ1) is 22.9. The average molecular weight is 500 g/mol. The molecular weight excluding hydrogens is 472 g/mol. The zero-order valence-electron chi connectivity index (χ0n) is 15.9. The van der Waals surface area contributed by atoms with Crippen molar-refractivity contribution in [2.45, 2.75) is 74.6 Å². The van der Waals surface area contributed by atoms with Gasteiger partial charge < -0.3 is 13.9 Å². The normalized spacial score (nSPS) is 27.5. The highest BCUT2D eigenvalue weighted by atomic mass is 79.9. The molecule has 8 heteroatoms. The maximum Gasteiger partial charge on any atom is 0.303 e. The van der Waals surface area contributed by atoms with Gasteiger partial charge in [0.05, 0.1) is 16.3 Å². The van der Waals surface area contributed by atoms with Crippen LogP contribution in [0.3, 0.4) is 0 Å². The van der Waals surface area contributed by atoms with Crippen LogP contribution < -0.4 is 0 Å². The zero-order valence-corrected chi connectivity index (χ0v) is 20.1. The molecule has 0 bridgehead atoms. The fourth-order valence-corrected chi connectivity index (χ4v) is 4.42. The molecule has 1 aliphatic carbocycles. The van der Waals surface area contributed by atoms with Gasteiger partial charge in [0.2, 0.25) is 0 Å². The predicted molar refractivity (Wildman–Crippen MR) is 108 cm³/mol. The van der Waals surface area contributed by atoms with Crippen molar-refractivity contribution < 1.29 is 23.5 Å². The minimum Gasteiger partial charge on any atom is -0.457 e. The standard InChI is InChI=1S/C17H28Br2O5Si/c1-10(20)23-13-8-12(9-22-25(6,7)17(3,4)5)16(24-11(2)21)15(19)14(13)18/h8,13-16H,9H2,1-7H3/t13-,14+,15-,16-/m1/s1. The molecule has 1 aliphatic rings. The van der Waals surface area contributed by atoms with Gasteiger partial charge >= 0.3 is 11.9 Å².